The average Bonchev–Trinajstić information content (AvgIpc) is 2.72. The molecule has 3 aliphatic rings. The van der Waals surface area contributed by atoms with E-state index >= 15 is 0 Å². The van der Waals surface area contributed by atoms with Crippen molar-refractivity contribution < 1.29 is 29.3 Å². The summed E-state index contributed by atoms with van der Waals surface area (Å²) in [4.78, 5) is 36.4. The molecule has 1 heterocycles. The molecule has 1 amide bonds. The molecule has 31 heavy (non-hydrogen) atoms. The van der Waals surface area contributed by atoms with Crippen LogP contribution in [0.15, 0.2) is 71.7 Å². The van der Waals surface area contributed by atoms with Gasteiger partial charge in [0.25, 0.3) is 5.91 Å². The van der Waals surface area contributed by atoms with Crippen molar-refractivity contribution in [2.75, 3.05) is 6.54 Å². The van der Waals surface area contributed by atoms with E-state index in [0.29, 0.717) is 29.0 Å². The molecule has 1 aromatic carbocycles. The number of carboxylic acid groups (broad SMARTS) is 1. The molecule has 2 unspecified atom stereocenters. The van der Waals surface area contributed by atoms with E-state index in [-0.39, 0.29) is 28.6 Å². The van der Waals surface area contributed by atoms with Crippen LogP contribution in [0.4, 0.5) is 0 Å². The Kier molecular flexibility index (Phi) is 4.89. The lowest BCUT2D eigenvalue weighted by molar-refractivity contribution is -0.110. The summed E-state index contributed by atoms with van der Waals surface area (Å²) in [5, 5.41) is 22.6. The summed E-state index contributed by atoms with van der Waals surface area (Å²) < 4.78 is 6.02. The van der Waals surface area contributed by atoms with Gasteiger partial charge in [-0.1, -0.05) is 12.1 Å². The number of aliphatic hydroxyl groups excluding tert-OH is 1. The van der Waals surface area contributed by atoms with Gasteiger partial charge in [-0.25, -0.2) is 4.79 Å². The van der Waals surface area contributed by atoms with Crippen LogP contribution in [0.2, 0.25) is 0 Å². The largest absolute Gasteiger partial charge is 0.508 e. The zero-order chi connectivity index (χ0) is 22.3. The number of nitrogens with one attached hydrogen (secondary N) is 1. The molecule has 0 fully saturated rings. The number of amides is 1. The zero-order valence-corrected chi connectivity index (χ0v) is 17.0. The Morgan fingerprint density at radius 3 is 2.71 bits per heavy atom. The van der Waals surface area contributed by atoms with Gasteiger partial charge in [0.05, 0.1) is 11.0 Å². The summed E-state index contributed by atoms with van der Waals surface area (Å²) in [6.45, 7) is 4.08. The molecule has 7 nitrogen and oxygen atoms in total. The molecule has 0 saturated carbocycles. The van der Waals surface area contributed by atoms with Gasteiger partial charge in [-0.05, 0) is 61.4 Å². The number of allylic oxidation sites excluding steroid dienone is 4. The molecule has 0 radical (unpaired) electrons. The maximum absolute atomic E-state index is 12.3. The summed E-state index contributed by atoms with van der Waals surface area (Å²) in [6.07, 6.45) is 8.55. The maximum atomic E-state index is 12.3. The van der Waals surface area contributed by atoms with Crippen LogP contribution in [0.3, 0.4) is 0 Å². The standard InChI is InChI=1S/C24H21NO6/c1-3-25-22(28)13-4-6-16(18(10-13)23(29)30)21-17-7-5-14(26)11-19(17)31-20-12-15(27)8-9-24(20,21)2/h4-12,20,27H,3H2,1-2H3,(H,25,28)(H,29,30). The molecule has 2 atom stereocenters. The Balaban J connectivity index is 1.98. The predicted molar refractivity (Wildman–Crippen MR) is 113 cm³/mol. The Morgan fingerprint density at radius 1 is 1.23 bits per heavy atom. The minimum absolute atomic E-state index is 0.0218. The van der Waals surface area contributed by atoms with Crippen molar-refractivity contribution in [2.24, 2.45) is 5.41 Å². The Morgan fingerprint density at radius 2 is 2.00 bits per heavy atom. The van der Waals surface area contributed by atoms with Crippen LogP contribution in [0.25, 0.3) is 5.57 Å². The van der Waals surface area contributed by atoms with E-state index in [1.807, 2.05) is 6.92 Å². The Bertz CT molecular complexity index is 1170. The highest BCUT2D eigenvalue weighted by atomic mass is 16.5. The van der Waals surface area contributed by atoms with Crippen molar-refractivity contribution >= 4 is 23.2 Å². The first-order valence-corrected chi connectivity index (χ1v) is 9.86. The second-order valence-electron chi connectivity index (χ2n) is 7.70. The molecular weight excluding hydrogens is 398 g/mol. The smallest absolute Gasteiger partial charge is 0.336 e. The van der Waals surface area contributed by atoms with Gasteiger partial charge in [-0.3, -0.25) is 9.59 Å². The average molecular weight is 419 g/mol. The van der Waals surface area contributed by atoms with Crippen LogP contribution in [-0.4, -0.2) is 40.5 Å². The van der Waals surface area contributed by atoms with Gasteiger partial charge < -0.3 is 20.3 Å². The number of carbonyl (C=O) groups excluding carboxylic acids is 2. The number of aliphatic hydroxyl groups is 1. The van der Waals surface area contributed by atoms with Crippen LogP contribution < -0.4 is 5.32 Å². The second kappa shape index (κ2) is 7.43. The molecule has 3 N–H and O–H groups in total. The zero-order valence-electron chi connectivity index (χ0n) is 17.0. The number of fused-ring (bicyclic) bond motifs is 2. The van der Waals surface area contributed by atoms with Gasteiger partial charge in [0.2, 0.25) is 0 Å². The highest BCUT2D eigenvalue weighted by molar-refractivity contribution is 6.05. The van der Waals surface area contributed by atoms with Gasteiger partial charge >= 0.3 is 5.97 Å². The van der Waals surface area contributed by atoms with E-state index in [2.05, 4.69) is 5.32 Å². The summed E-state index contributed by atoms with van der Waals surface area (Å²) in [5.41, 5.74) is 1.02. The number of rotatable bonds is 4. The highest BCUT2D eigenvalue weighted by Gasteiger charge is 2.46. The molecule has 158 valence electrons. The van der Waals surface area contributed by atoms with E-state index in [0.717, 1.165) is 0 Å². The normalized spacial score (nSPS) is 23.9. The maximum Gasteiger partial charge on any atom is 0.336 e. The molecule has 4 rings (SSSR count). The third kappa shape index (κ3) is 3.38. The summed E-state index contributed by atoms with van der Waals surface area (Å²) in [7, 11) is 0. The first kappa shape index (κ1) is 20.4. The number of carbonyl (C=O) groups is 3. The van der Waals surface area contributed by atoms with Crippen molar-refractivity contribution in [3.05, 3.63) is 88.4 Å². The second-order valence-corrected chi connectivity index (χ2v) is 7.70. The predicted octanol–water partition coefficient (Wildman–Crippen LogP) is 3.33. The van der Waals surface area contributed by atoms with Crippen LogP contribution in [0.1, 0.15) is 40.1 Å². The van der Waals surface area contributed by atoms with Crippen molar-refractivity contribution in [3.8, 4) is 0 Å². The van der Waals surface area contributed by atoms with Crippen molar-refractivity contribution in [1.29, 1.82) is 0 Å². The van der Waals surface area contributed by atoms with E-state index in [4.69, 9.17) is 4.74 Å². The third-order valence-electron chi connectivity index (χ3n) is 5.65. The Hall–Kier alpha value is -3.87. The lowest BCUT2D eigenvalue weighted by Crippen LogP contribution is -2.39. The van der Waals surface area contributed by atoms with E-state index in [1.54, 1.807) is 31.2 Å². The van der Waals surface area contributed by atoms with Crippen molar-refractivity contribution in [1.82, 2.24) is 5.32 Å². The quantitative estimate of drug-likeness (QED) is 0.690. The lowest BCUT2D eigenvalue weighted by atomic mass is 9.67. The van der Waals surface area contributed by atoms with Crippen molar-refractivity contribution in [3.63, 3.8) is 0 Å². The number of benzene rings is 1. The number of hydrogen-bond donors (Lipinski definition) is 3. The topological polar surface area (TPSA) is 113 Å². The highest BCUT2D eigenvalue weighted by Crippen LogP contribution is 2.52. The fourth-order valence-corrected chi connectivity index (χ4v) is 4.13. The SMILES string of the molecule is CCNC(=O)c1ccc(C2=C3C=CC(=O)C=C3OC3C=C(O)C=CC23C)c(C(=O)O)c1. The van der Waals surface area contributed by atoms with Crippen LogP contribution in [0, 0.1) is 5.41 Å². The number of ether oxygens (including phenoxy) is 1. The van der Waals surface area contributed by atoms with Gasteiger partial charge in [0, 0.05) is 23.8 Å². The molecule has 1 aromatic rings. The van der Waals surface area contributed by atoms with Crippen molar-refractivity contribution in [2.45, 2.75) is 20.0 Å². The monoisotopic (exact) mass is 419 g/mol. The molecule has 0 bridgehead atoms. The van der Waals surface area contributed by atoms with Gasteiger partial charge in [-0.2, -0.15) is 0 Å². The number of aromatic carboxylic acids is 1. The molecule has 0 aromatic heterocycles. The summed E-state index contributed by atoms with van der Waals surface area (Å²) in [5.74, 6) is -1.45. The fourth-order valence-electron chi connectivity index (χ4n) is 4.13. The molecule has 0 spiro atoms. The molecule has 0 saturated heterocycles. The first-order chi connectivity index (χ1) is 14.7. The lowest BCUT2D eigenvalue weighted by Gasteiger charge is -2.44. The van der Waals surface area contributed by atoms with E-state index in [1.165, 1.54) is 30.4 Å². The number of ketones is 1. The minimum Gasteiger partial charge on any atom is -0.508 e. The fraction of sp³-hybridized carbons (Fsp3) is 0.208. The number of carboxylic acids is 1. The molecular formula is C24H21NO6. The Labute approximate surface area is 178 Å². The third-order valence-corrected chi connectivity index (χ3v) is 5.65. The molecule has 2 aliphatic carbocycles. The minimum atomic E-state index is -1.18. The molecule has 1 aliphatic heterocycles. The number of hydrogen-bond acceptors (Lipinski definition) is 5. The van der Waals surface area contributed by atoms with Gasteiger partial charge in [-0.15, -0.1) is 0 Å². The van der Waals surface area contributed by atoms with Crippen LogP contribution in [0.5, 0.6) is 0 Å². The van der Waals surface area contributed by atoms with E-state index in [9.17, 15) is 24.6 Å². The molecule has 7 heteroatoms. The van der Waals surface area contributed by atoms with Crippen LogP contribution in [-0.2, 0) is 9.53 Å². The first-order valence-electron chi connectivity index (χ1n) is 9.86. The summed E-state index contributed by atoms with van der Waals surface area (Å²) >= 11 is 0. The van der Waals surface area contributed by atoms with Gasteiger partial charge in [0.1, 0.15) is 17.6 Å². The van der Waals surface area contributed by atoms with E-state index < -0.39 is 17.5 Å². The van der Waals surface area contributed by atoms with Crippen LogP contribution >= 0.6 is 0 Å². The van der Waals surface area contributed by atoms with Gasteiger partial charge in [0.15, 0.2) is 5.78 Å². The summed E-state index contributed by atoms with van der Waals surface area (Å²) in [6, 6.07) is 4.54.